The highest BCUT2D eigenvalue weighted by molar-refractivity contribution is 5.73. The lowest BCUT2D eigenvalue weighted by Gasteiger charge is -2.26. The van der Waals surface area contributed by atoms with Gasteiger partial charge in [-0.3, -0.25) is 14.9 Å². The number of hydrogen-bond acceptors (Lipinski definition) is 7. The Balaban J connectivity index is 4.65. The highest BCUT2D eigenvalue weighted by atomic mass is 16.6. The van der Waals surface area contributed by atoms with Crippen LogP contribution in [0.25, 0.3) is 0 Å². The van der Waals surface area contributed by atoms with Crippen molar-refractivity contribution in [2.75, 3.05) is 13.2 Å². The molecule has 9 nitrogen and oxygen atoms in total. The number of nitrogens with zero attached hydrogens (tertiary/aromatic N) is 1. The molecule has 0 saturated carbocycles. The van der Waals surface area contributed by atoms with Crippen molar-refractivity contribution in [3.63, 3.8) is 0 Å². The lowest BCUT2D eigenvalue weighted by atomic mass is 10.0. The molecular weight excluding hydrogens is 236 g/mol. The van der Waals surface area contributed by atoms with Crippen LogP contribution in [-0.2, 0) is 4.79 Å². The Bertz CT molecular complexity index is 257. The van der Waals surface area contributed by atoms with E-state index < -0.39 is 48.3 Å². The van der Waals surface area contributed by atoms with Crippen molar-refractivity contribution < 1.29 is 30.1 Å². The summed E-state index contributed by atoms with van der Waals surface area (Å²) in [6, 6.07) is -1.35. The van der Waals surface area contributed by atoms with Crippen molar-refractivity contribution >= 4 is 5.91 Å². The van der Waals surface area contributed by atoms with Crippen LogP contribution in [0.2, 0.25) is 0 Å². The molecule has 5 N–H and O–H groups in total. The number of aliphatic hydroxyl groups is 4. The molecule has 0 heterocycles. The lowest BCUT2D eigenvalue weighted by molar-refractivity contribution is -0.485. The van der Waals surface area contributed by atoms with Gasteiger partial charge in [-0.2, -0.15) is 0 Å². The van der Waals surface area contributed by atoms with Gasteiger partial charge in [0.2, 0.25) is 12.5 Å². The summed E-state index contributed by atoms with van der Waals surface area (Å²) in [5.41, 5.74) is 0. The Labute approximate surface area is 96.8 Å². The number of nitrogens with one attached hydrogen (secondary N) is 1. The molecule has 0 bridgehead atoms. The van der Waals surface area contributed by atoms with E-state index in [0.29, 0.717) is 0 Å². The van der Waals surface area contributed by atoms with Crippen LogP contribution in [0, 0.1) is 10.1 Å². The van der Waals surface area contributed by atoms with E-state index in [1.165, 1.54) is 0 Å². The monoisotopic (exact) mass is 252 g/mol. The molecule has 1 amide bonds. The zero-order valence-corrected chi connectivity index (χ0v) is 9.18. The summed E-state index contributed by atoms with van der Waals surface area (Å²) in [5.74, 6) is -0.624. The van der Waals surface area contributed by atoms with Gasteiger partial charge in [0.05, 0.1) is 6.61 Å². The van der Waals surface area contributed by atoms with E-state index in [1.54, 1.807) is 0 Å². The predicted octanol–water partition coefficient (Wildman–Crippen LogP) is -3.16. The molecule has 0 aliphatic rings. The van der Waals surface area contributed by atoms with E-state index in [4.69, 9.17) is 10.2 Å². The van der Waals surface area contributed by atoms with Gasteiger partial charge >= 0.3 is 0 Å². The number of carbonyl (C=O) groups excluding carboxylic acids is 1. The Morgan fingerprint density at radius 3 is 2.24 bits per heavy atom. The smallest absolute Gasteiger partial charge is 0.226 e. The molecule has 0 fully saturated rings. The second-order valence-corrected chi connectivity index (χ2v) is 3.55. The Morgan fingerprint density at radius 1 is 1.35 bits per heavy atom. The molecule has 0 rings (SSSR count). The summed E-state index contributed by atoms with van der Waals surface area (Å²) in [4.78, 5) is 20.3. The third kappa shape index (κ3) is 5.54. The van der Waals surface area contributed by atoms with Crippen LogP contribution < -0.4 is 5.32 Å². The summed E-state index contributed by atoms with van der Waals surface area (Å²) in [7, 11) is 0. The number of amides is 1. The van der Waals surface area contributed by atoms with Gasteiger partial charge in [-0.05, 0) is 0 Å². The number of carbonyl (C=O) groups is 1. The quantitative estimate of drug-likeness (QED) is 0.237. The molecule has 100 valence electrons. The molecule has 0 aromatic carbocycles. The molecule has 0 aliphatic carbocycles. The van der Waals surface area contributed by atoms with Gasteiger partial charge in [0.1, 0.15) is 24.4 Å². The minimum absolute atomic E-state index is 0.624. The fourth-order valence-electron chi connectivity index (χ4n) is 1.23. The van der Waals surface area contributed by atoms with Gasteiger partial charge < -0.3 is 25.7 Å². The molecule has 0 spiro atoms. The highest BCUT2D eigenvalue weighted by Crippen LogP contribution is 2.05. The maximum absolute atomic E-state index is 10.8. The van der Waals surface area contributed by atoms with Crippen LogP contribution in [0.1, 0.15) is 6.92 Å². The summed E-state index contributed by atoms with van der Waals surface area (Å²) < 4.78 is 0. The Hall–Kier alpha value is -1.29. The van der Waals surface area contributed by atoms with E-state index in [9.17, 15) is 25.1 Å². The predicted molar refractivity (Wildman–Crippen MR) is 54.6 cm³/mol. The largest absolute Gasteiger partial charge is 0.394 e. The molecular formula is C8H16N2O7. The first kappa shape index (κ1) is 15.7. The number of hydrogen-bond donors (Lipinski definition) is 5. The third-order valence-electron chi connectivity index (χ3n) is 2.08. The van der Waals surface area contributed by atoms with Crippen molar-refractivity contribution in [3.05, 3.63) is 10.1 Å². The second-order valence-electron chi connectivity index (χ2n) is 3.55. The molecule has 4 atom stereocenters. The second kappa shape index (κ2) is 7.12. The summed E-state index contributed by atoms with van der Waals surface area (Å²) >= 11 is 0. The minimum Gasteiger partial charge on any atom is -0.394 e. The maximum atomic E-state index is 10.8. The van der Waals surface area contributed by atoms with E-state index in [1.807, 2.05) is 0 Å². The zero-order chi connectivity index (χ0) is 13.6. The first-order chi connectivity index (χ1) is 7.79. The summed E-state index contributed by atoms with van der Waals surface area (Å²) in [6.07, 6.45) is -5.20. The molecule has 0 radical (unpaired) electrons. The van der Waals surface area contributed by atoms with Gasteiger partial charge in [0.25, 0.3) is 0 Å². The van der Waals surface area contributed by atoms with Crippen LogP contribution in [0.3, 0.4) is 0 Å². The first-order valence-electron chi connectivity index (χ1n) is 4.83. The van der Waals surface area contributed by atoms with E-state index in [0.717, 1.165) is 6.92 Å². The lowest BCUT2D eigenvalue weighted by Crippen LogP contribution is -2.55. The standard InChI is InChI=1S/C8H16N2O7/c1-4(12)9-5(2-10(16)17)7(14)8(15)6(13)3-11/h5-8,11,13-15H,2-3H2,1H3,(H,9,12)/t5-,6+,7+,8-/m1/s1. The molecule has 0 saturated heterocycles. The first-order valence-corrected chi connectivity index (χ1v) is 4.83. The molecule has 17 heavy (non-hydrogen) atoms. The van der Waals surface area contributed by atoms with Crippen LogP contribution in [-0.4, -0.2) is 68.8 Å². The van der Waals surface area contributed by atoms with Crippen LogP contribution in [0.5, 0.6) is 0 Å². The van der Waals surface area contributed by atoms with Crippen molar-refractivity contribution in [3.8, 4) is 0 Å². The summed E-state index contributed by atoms with van der Waals surface area (Å²) in [6.45, 7) is -0.534. The van der Waals surface area contributed by atoms with Gasteiger partial charge in [-0.25, -0.2) is 0 Å². The van der Waals surface area contributed by atoms with Crippen LogP contribution in [0.15, 0.2) is 0 Å². The SMILES string of the molecule is CC(=O)N[C@H](C[N+](=O)[O-])[C@H](O)[C@H](O)[C@@H](O)CO. The van der Waals surface area contributed by atoms with Gasteiger partial charge in [-0.15, -0.1) is 0 Å². The minimum atomic E-state index is -1.79. The maximum Gasteiger partial charge on any atom is 0.226 e. The van der Waals surface area contributed by atoms with Crippen molar-refractivity contribution in [2.24, 2.45) is 0 Å². The normalized spacial score (nSPS) is 17.9. The van der Waals surface area contributed by atoms with Crippen molar-refractivity contribution in [1.82, 2.24) is 5.32 Å². The number of rotatable bonds is 7. The van der Waals surface area contributed by atoms with Crippen LogP contribution >= 0.6 is 0 Å². The van der Waals surface area contributed by atoms with Crippen LogP contribution in [0.4, 0.5) is 0 Å². The Morgan fingerprint density at radius 2 is 1.88 bits per heavy atom. The number of nitro groups is 1. The van der Waals surface area contributed by atoms with E-state index in [2.05, 4.69) is 5.32 Å². The Kier molecular flexibility index (Phi) is 6.58. The van der Waals surface area contributed by atoms with Gasteiger partial charge in [-0.1, -0.05) is 0 Å². The van der Waals surface area contributed by atoms with E-state index in [-0.39, 0.29) is 0 Å². The number of aliphatic hydroxyl groups excluding tert-OH is 4. The molecule has 0 unspecified atom stereocenters. The zero-order valence-electron chi connectivity index (χ0n) is 9.18. The van der Waals surface area contributed by atoms with Gasteiger partial charge in [0.15, 0.2) is 0 Å². The van der Waals surface area contributed by atoms with E-state index >= 15 is 0 Å². The van der Waals surface area contributed by atoms with Gasteiger partial charge in [0, 0.05) is 11.8 Å². The highest BCUT2D eigenvalue weighted by Gasteiger charge is 2.34. The summed E-state index contributed by atoms with van der Waals surface area (Å²) in [5, 5.41) is 48.9. The molecule has 0 aliphatic heterocycles. The molecule has 9 heteroatoms. The average Bonchev–Trinajstić information content (AvgIpc) is 2.23. The molecule has 0 aromatic rings. The average molecular weight is 252 g/mol. The molecule has 0 aromatic heterocycles. The van der Waals surface area contributed by atoms with Crippen molar-refractivity contribution in [2.45, 2.75) is 31.3 Å². The topological polar surface area (TPSA) is 153 Å². The van der Waals surface area contributed by atoms with Crippen molar-refractivity contribution in [1.29, 1.82) is 0 Å². The fraction of sp³-hybridized carbons (Fsp3) is 0.875. The third-order valence-corrected chi connectivity index (χ3v) is 2.08. The fourth-order valence-corrected chi connectivity index (χ4v) is 1.23.